The molecule has 0 aliphatic carbocycles. The first-order chi connectivity index (χ1) is 28.9. The smallest absolute Gasteiger partial charge is 0.407 e. The number of benzene rings is 3. The molecule has 5 atom stereocenters. The van der Waals surface area contributed by atoms with Crippen molar-refractivity contribution >= 4 is 24.0 Å². The summed E-state index contributed by atoms with van der Waals surface area (Å²) in [5.41, 5.74) is 2.72. The van der Waals surface area contributed by atoms with Crippen LogP contribution in [0.1, 0.15) is 67.9 Å². The molecule has 7 rings (SSSR count). The van der Waals surface area contributed by atoms with Gasteiger partial charge in [-0.3, -0.25) is 14.5 Å². The number of carbonyl (C=O) groups is 4. The Morgan fingerprint density at radius 3 is 1.80 bits per heavy atom. The van der Waals surface area contributed by atoms with E-state index in [1.807, 2.05) is 6.07 Å². The summed E-state index contributed by atoms with van der Waals surface area (Å²) in [6, 6.07) is 15.1. The van der Waals surface area contributed by atoms with E-state index in [1.54, 1.807) is 65.3 Å². The molecular weight excluding hydrogens is 779 g/mol. The van der Waals surface area contributed by atoms with Gasteiger partial charge in [0, 0.05) is 38.4 Å². The zero-order valence-corrected chi connectivity index (χ0v) is 33.5. The van der Waals surface area contributed by atoms with Crippen molar-refractivity contribution in [1.29, 1.82) is 0 Å². The maximum atomic E-state index is 15.8. The van der Waals surface area contributed by atoms with Crippen LogP contribution >= 0.6 is 0 Å². The summed E-state index contributed by atoms with van der Waals surface area (Å²) in [5.74, 6) is -0.952. The molecule has 0 saturated carbocycles. The molecule has 314 valence electrons. The number of H-pyrrole nitrogens is 2. The molecule has 0 radical (unpaired) electrons. The lowest BCUT2D eigenvalue weighted by molar-refractivity contribution is -0.141. The number of carboxylic acid groups (broad SMARTS) is 1. The largest absolute Gasteiger partial charge is 0.465 e. The van der Waals surface area contributed by atoms with Crippen LogP contribution in [0.4, 0.5) is 18.4 Å². The van der Waals surface area contributed by atoms with E-state index in [0.29, 0.717) is 78.5 Å². The number of nitrogens with one attached hydrogen (secondary N) is 3. The van der Waals surface area contributed by atoms with Crippen molar-refractivity contribution in [3.63, 3.8) is 0 Å². The lowest BCUT2D eigenvalue weighted by Crippen LogP contribution is -2.54. The van der Waals surface area contributed by atoms with Crippen molar-refractivity contribution in [2.45, 2.75) is 62.9 Å². The number of carbonyl (C=O) groups excluding carboxylic acids is 3. The number of aromatic nitrogens is 4. The lowest BCUT2D eigenvalue weighted by atomic mass is 10.00. The second kappa shape index (κ2) is 17.7. The van der Waals surface area contributed by atoms with E-state index in [9.17, 15) is 24.3 Å². The summed E-state index contributed by atoms with van der Waals surface area (Å²) in [5, 5.41) is 12.3. The van der Waals surface area contributed by atoms with Crippen LogP contribution in [0.3, 0.4) is 0 Å². The molecule has 4 heterocycles. The first kappa shape index (κ1) is 41.5. The SMILES string of the molecule is COC(=O)N[C@@H](C(=O)N1CCC[C@H]1c1ncc(-c2ccc(-c3ccc(-c4cnc([C@@H]5CCCN5C(=O)[C@H]([C@@H](C)OC)N(C)C(=O)O)[nH]4)c(F)c3)cc2F)[nH]1)c1ccccc1. The van der Waals surface area contributed by atoms with Crippen molar-refractivity contribution in [2.24, 2.45) is 0 Å². The van der Waals surface area contributed by atoms with Gasteiger partial charge < -0.3 is 39.7 Å². The highest BCUT2D eigenvalue weighted by atomic mass is 19.1. The Hall–Kier alpha value is -6.62. The third-order valence-electron chi connectivity index (χ3n) is 11.4. The standard InChI is InChI=1S/C43H46F2N8O7/c1-24(59-3)37(51(2)43(57)58)41(55)53-19-9-13-35(53)39-47-23-33(49-39)29-17-15-27(21-31(29)45)26-14-16-28(30(44)20-26)32-22-46-38(48-32)34-12-8-18-52(34)40(54)36(50-42(56)60-4)25-10-6-5-7-11-25/h5-7,10-11,14-17,20-24,34-37H,8-9,12-13,18-19H2,1-4H3,(H,46,48)(H,47,49)(H,50,56)(H,57,58)/t24-,34+,35+,36-,37+/m1/s1. The summed E-state index contributed by atoms with van der Waals surface area (Å²) < 4.78 is 41.7. The third-order valence-corrected chi connectivity index (χ3v) is 11.4. The van der Waals surface area contributed by atoms with E-state index < -0.39 is 60.0 Å². The quantitative estimate of drug-likeness (QED) is 0.104. The number of ether oxygens (including phenoxy) is 2. The molecule has 2 aromatic heterocycles. The zero-order chi connectivity index (χ0) is 42.7. The molecular formula is C43H46F2N8O7. The molecule has 17 heteroatoms. The number of methoxy groups -OCH3 is 2. The molecule has 4 amide bonds. The fourth-order valence-corrected chi connectivity index (χ4v) is 8.12. The number of likely N-dealkylation sites (tertiary alicyclic amines) is 2. The minimum atomic E-state index is -1.26. The molecule has 15 nitrogen and oxygen atoms in total. The van der Waals surface area contributed by atoms with Gasteiger partial charge in [0.05, 0.1) is 49.1 Å². The van der Waals surface area contributed by atoms with Crippen molar-refractivity contribution in [2.75, 3.05) is 34.4 Å². The van der Waals surface area contributed by atoms with Crippen LogP contribution in [-0.2, 0) is 19.1 Å². The van der Waals surface area contributed by atoms with E-state index >= 15 is 8.78 Å². The molecule has 5 aromatic rings. The fourth-order valence-electron chi connectivity index (χ4n) is 8.12. The second-order valence-corrected chi connectivity index (χ2v) is 14.9. The van der Waals surface area contributed by atoms with E-state index in [0.717, 1.165) is 4.90 Å². The van der Waals surface area contributed by atoms with Gasteiger partial charge in [-0.15, -0.1) is 0 Å². The van der Waals surface area contributed by atoms with Gasteiger partial charge in [-0.05, 0) is 73.6 Å². The van der Waals surface area contributed by atoms with Crippen LogP contribution in [-0.4, -0.2) is 110 Å². The van der Waals surface area contributed by atoms with Crippen LogP contribution in [0.15, 0.2) is 79.1 Å². The predicted molar refractivity (Wildman–Crippen MR) is 215 cm³/mol. The molecule has 4 N–H and O–H groups in total. The van der Waals surface area contributed by atoms with Crippen LogP contribution in [0.5, 0.6) is 0 Å². The van der Waals surface area contributed by atoms with E-state index in [1.165, 1.54) is 45.8 Å². The number of alkyl carbamates (subject to hydrolysis) is 1. The van der Waals surface area contributed by atoms with Gasteiger partial charge in [-0.25, -0.2) is 28.3 Å². The highest BCUT2D eigenvalue weighted by Gasteiger charge is 2.41. The summed E-state index contributed by atoms with van der Waals surface area (Å²) in [4.78, 5) is 71.1. The van der Waals surface area contributed by atoms with E-state index in [-0.39, 0.29) is 17.0 Å². The summed E-state index contributed by atoms with van der Waals surface area (Å²) in [7, 11) is 3.97. The number of rotatable bonds is 12. The van der Waals surface area contributed by atoms with Crippen LogP contribution in [0.25, 0.3) is 33.6 Å². The number of hydrogen-bond acceptors (Lipinski definition) is 8. The highest BCUT2D eigenvalue weighted by Crippen LogP contribution is 2.37. The third kappa shape index (κ3) is 8.30. The Kier molecular flexibility index (Phi) is 12.3. The van der Waals surface area contributed by atoms with Crippen LogP contribution < -0.4 is 5.32 Å². The number of nitrogens with zero attached hydrogens (tertiary/aromatic N) is 5. The second-order valence-electron chi connectivity index (χ2n) is 14.9. The minimum absolute atomic E-state index is 0.225. The summed E-state index contributed by atoms with van der Waals surface area (Å²) >= 11 is 0. The fraction of sp³-hybridized carbons (Fsp3) is 0.349. The van der Waals surface area contributed by atoms with Crippen molar-refractivity contribution in [3.05, 3.63) is 108 Å². The highest BCUT2D eigenvalue weighted by molar-refractivity contribution is 5.88. The number of imidazole rings is 2. The van der Waals surface area contributed by atoms with Crippen LogP contribution in [0, 0.1) is 11.6 Å². The first-order valence-electron chi connectivity index (χ1n) is 19.6. The molecule has 0 unspecified atom stereocenters. The average Bonchev–Trinajstić information content (AvgIpc) is 4.10. The van der Waals surface area contributed by atoms with Gasteiger partial charge in [0.2, 0.25) is 5.91 Å². The van der Waals surface area contributed by atoms with Gasteiger partial charge in [0.25, 0.3) is 5.91 Å². The summed E-state index contributed by atoms with van der Waals surface area (Å²) in [6.45, 7) is 2.47. The molecule has 2 aliphatic rings. The molecule has 60 heavy (non-hydrogen) atoms. The topological polar surface area (TPSA) is 186 Å². The Balaban J connectivity index is 1.06. The molecule has 2 saturated heterocycles. The molecule has 0 spiro atoms. The molecule has 3 aromatic carbocycles. The van der Waals surface area contributed by atoms with Gasteiger partial charge in [-0.2, -0.15) is 0 Å². The van der Waals surface area contributed by atoms with Gasteiger partial charge in [0.15, 0.2) is 0 Å². The lowest BCUT2D eigenvalue weighted by Gasteiger charge is -2.34. The van der Waals surface area contributed by atoms with Crippen molar-refractivity contribution < 1.29 is 42.5 Å². The van der Waals surface area contributed by atoms with Gasteiger partial charge in [0.1, 0.15) is 35.4 Å². The maximum absolute atomic E-state index is 15.8. The van der Waals surface area contributed by atoms with E-state index in [2.05, 4.69) is 25.3 Å². The maximum Gasteiger partial charge on any atom is 0.407 e. The normalized spacial score (nSPS) is 17.9. The number of amides is 4. The van der Waals surface area contributed by atoms with Crippen molar-refractivity contribution in [3.8, 4) is 33.6 Å². The van der Waals surface area contributed by atoms with Gasteiger partial charge >= 0.3 is 12.2 Å². The molecule has 0 bridgehead atoms. The monoisotopic (exact) mass is 824 g/mol. The Bertz CT molecular complexity index is 2370. The Labute approximate surface area is 344 Å². The molecule has 2 aliphatic heterocycles. The number of halogens is 2. The number of aromatic amines is 2. The van der Waals surface area contributed by atoms with Crippen molar-refractivity contribution in [1.82, 2.24) is 40.0 Å². The number of likely N-dealkylation sites (N-methyl/N-ethyl adjacent to an activating group) is 1. The molecule has 2 fully saturated rings. The Morgan fingerprint density at radius 1 is 0.817 bits per heavy atom. The van der Waals surface area contributed by atoms with Gasteiger partial charge in [-0.1, -0.05) is 42.5 Å². The predicted octanol–water partition coefficient (Wildman–Crippen LogP) is 6.85. The Morgan fingerprint density at radius 2 is 1.33 bits per heavy atom. The minimum Gasteiger partial charge on any atom is -0.465 e. The average molecular weight is 825 g/mol. The zero-order valence-electron chi connectivity index (χ0n) is 33.5. The summed E-state index contributed by atoms with van der Waals surface area (Å²) in [6.07, 6.45) is 2.87. The van der Waals surface area contributed by atoms with E-state index in [4.69, 9.17) is 9.47 Å². The van der Waals surface area contributed by atoms with Crippen LogP contribution in [0.2, 0.25) is 0 Å². The number of hydrogen-bond donors (Lipinski definition) is 4. The first-order valence-corrected chi connectivity index (χ1v) is 19.6.